The van der Waals surface area contributed by atoms with Crippen molar-refractivity contribution in [2.45, 2.75) is 13.0 Å². The second-order valence-corrected chi connectivity index (χ2v) is 4.27. The Kier molecular flexibility index (Phi) is 2.71. The molecule has 1 aliphatic heterocycles. The number of rotatable bonds is 3. The Labute approximate surface area is 86.7 Å². The maximum atomic E-state index is 5.78. The van der Waals surface area contributed by atoms with Gasteiger partial charge in [-0.15, -0.1) is 11.3 Å². The number of anilines is 1. The van der Waals surface area contributed by atoms with Crippen molar-refractivity contribution in [2.24, 2.45) is 0 Å². The van der Waals surface area contributed by atoms with Gasteiger partial charge in [-0.25, -0.2) is 4.98 Å². The van der Waals surface area contributed by atoms with Crippen LogP contribution in [0.3, 0.4) is 0 Å². The second kappa shape index (κ2) is 3.82. The molecule has 0 aromatic carbocycles. The van der Waals surface area contributed by atoms with Crippen molar-refractivity contribution in [3.05, 3.63) is 10.5 Å². The third-order valence-electron chi connectivity index (χ3n) is 2.25. The number of hydrogen-bond acceptors (Lipinski definition) is 4. The van der Waals surface area contributed by atoms with Gasteiger partial charge < -0.3 is 10.2 Å². The van der Waals surface area contributed by atoms with Crippen molar-refractivity contribution in [3.8, 4) is 0 Å². The average molecular weight is 218 g/mol. The van der Waals surface area contributed by atoms with E-state index in [9.17, 15) is 0 Å². The van der Waals surface area contributed by atoms with Crippen molar-refractivity contribution in [2.75, 3.05) is 24.5 Å². The predicted molar refractivity (Wildman–Crippen MR) is 56.8 cm³/mol. The highest BCUT2D eigenvalue weighted by Crippen LogP contribution is 2.25. The van der Waals surface area contributed by atoms with E-state index in [-0.39, 0.29) is 0 Å². The van der Waals surface area contributed by atoms with Crippen molar-refractivity contribution in [1.29, 1.82) is 0 Å². The number of nitrogens with one attached hydrogen (secondary N) is 1. The van der Waals surface area contributed by atoms with Crippen LogP contribution >= 0.6 is 22.9 Å². The van der Waals surface area contributed by atoms with Gasteiger partial charge in [0.25, 0.3) is 0 Å². The molecule has 1 aromatic heterocycles. The normalized spacial score (nSPS) is 17.1. The number of halogens is 1. The molecular formula is C8H12ClN3S. The maximum absolute atomic E-state index is 5.78. The molecule has 3 nitrogen and oxygen atoms in total. The molecule has 2 heterocycles. The summed E-state index contributed by atoms with van der Waals surface area (Å²) in [4.78, 5) is 6.57. The summed E-state index contributed by atoms with van der Waals surface area (Å²) >= 11 is 7.40. The molecular weight excluding hydrogens is 206 g/mol. The van der Waals surface area contributed by atoms with Crippen LogP contribution in [0.2, 0.25) is 5.15 Å². The van der Waals surface area contributed by atoms with E-state index in [2.05, 4.69) is 22.1 Å². The molecule has 72 valence electrons. The lowest BCUT2D eigenvalue weighted by atomic mass is 10.1. The molecule has 1 aromatic rings. The molecule has 1 saturated heterocycles. The minimum absolute atomic E-state index is 0.603. The summed E-state index contributed by atoms with van der Waals surface area (Å²) in [5.74, 6) is 0. The number of thiazole rings is 1. The van der Waals surface area contributed by atoms with Gasteiger partial charge in [0.15, 0.2) is 5.13 Å². The van der Waals surface area contributed by atoms with Crippen LogP contribution in [0.5, 0.6) is 0 Å². The fraction of sp³-hybridized carbons (Fsp3) is 0.625. The van der Waals surface area contributed by atoms with Crippen LogP contribution in [0.15, 0.2) is 5.38 Å². The summed E-state index contributed by atoms with van der Waals surface area (Å²) in [5.41, 5.74) is 0. The lowest BCUT2D eigenvalue weighted by molar-refractivity contribution is 0.417. The SMILES string of the molecule is CCN(c1nc(Cl)cs1)C1CNC1. The van der Waals surface area contributed by atoms with Gasteiger partial charge in [0, 0.05) is 25.0 Å². The Morgan fingerprint density at radius 2 is 2.54 bits per heavy atom. The van der Waals surface area contributed by atoms with Crippen LogP contribution in [0.25, 0.3) is 0 Å². The molecule has 13 heavy (non-hydrogen) atoms. The van der Waals surface area contributed by atoms with Gasteiger partial charge in [0.2, 0.25) is 0 Å². The zero-order valence-corrected chi connectivity index (χ0v) is 9.03. The van der Waals surface area contributed by atoms with Gasteiger partial charge >= 0.3 is 0 Å². The molecule has 1 N–H and O–H groups in total. The summed E-state index contributed by atoms with van der Waals surface area (Å²) in [7, 11) is 0. The Bertz CT molecular complexity index is 285. The highest BCUT2D eigenvalue weighted by Gasteiger charge is 2.25. The van der Waals surface area contributed by atoms with E-state index in [0.29, 0.717) is 11.2 Å². The number of aromatic nitrogens is 1. The molecule has 0 spiro atoms. The predicted octanol–water partition coefficient (Wildman–Crippen LogP) is 1.59. The van der Waals surface area contributed by atoms with Crippen LogP contribution in [-0.2, 0) is 0 Å². The molecule has 0 amide bonds. The van der Waals surface area contributed by atoms with Crippen molar-refractivity contribution < 1.29 is 0 Å². The van der Waals surface area contributed by atoms with Crippen LogP contribution in [0, 0.1) is 0 Å². The van der Waals surface area contributed by atoms with Crippen molar-refractivity contribution in [1.82, 2.24) is 10.3 Å². The number of nitrogens with zero attached hydrogens (tertiary/aromatic N) is 2. The zero-order valence-electron chi connectivity index (χ0n) is 7.46. The summed E-state index contributed by atoms with van der Waals surface area (Å²) in [6, 6.07) is 0.604. The Balaban J connectivity index is 2.11. The van der Waals surface area contributed by atoms with Gasteiger partial charge in [-0.3, -0.25) is 0 Å². The first kappa shape index (κ1) is 9.24. The zero-order chi connectivity index (χ0) is 9.26. The van der Waals surface area contributed by atoms with E-state index < -0.39 is 0 Å². The minimum Gasteiger partial charge on any atom is -0.343 e. The summed E-state index contributed by atoms with van der Waals surface area (Å²) in [6.07, 6.45) is 0. The first-order valence-electron chi connectivity index (χ1n) is 4.39. The summed E-state index contributed by atoms with van der Waals surface area (Å²) < 4.78 is 0. The molecule has 0 atom stereocenters. The highest BCUT2D eigenvalue weighted by atomic mass is 35.5. The molecule has 0 bridgehead atoms. The van der Waals surface area contributed by atoms with Gasteiger partial charge in [-0.05, 0) is 6.92 Å². The maximum Gasteiger partial charge on any atom is 0.187 e. The van der Waals surface area contributed by atoms with E-state index in [4.69, 9.17) is 11.6 Å². The van der Waals surface area contributed by atoms with Crippen LogP contribution < -0.4 is 10.2 Å². The number of likely N-dealkylation sites (N-methyl/N-ethyl adjacent to an activating group) is 1. The minimum atomic E-state index is 0.603. The summed E-state index contributed by atoms with van der Waals surface area (Å²) in [5, 5.41) is 6.78. The average Bonchev–Trinajstić information content (AvgIpc) is 2.43. The third kappa shape index (κ3) is 1.80. The lowest BCUT2D eigenvalue weighted by Gasteiger charge is -2.37. The standard InChI is InChI=1S/C8H12ClN3S/c1-2-12(6-3-10-4-6)8-11-7(9)5-13-8/h5-6,10H,2-4H2,1H3. The van der Waals surface area contributed by atoms with Crippen LogP contribution in [-0.4, -0.2) is 30.7 Å². The van der Waals surface area contributed by atoms with Gasteiger partial charge in [-0.1, -0.05) is 11.6 Å². The quantitative estimate of drug-likeness (QED) is 0.834. The van der Waals surface area contributed by atoms with Crippen LogP contribution in [0.1, 0.15) is 6.92 Å². The first-order chi connectivity index (χ1) is 6.31. The largest absolute Gasteiger partial charge is 0.343 e. The molecule has 1 fully saturated rings. The second-order valence-electron chi connectivity index (χ2n) is 3.05. The fourth-order valence-corrected chi connectivity index (χ4v) is 2.50. The van der Waals surface area contributed by atoms with E-state index in [0.717, 1.165) is 24.8 Å². The molecule has 2 rings (SSSR count). The van der Waals surface area contributed by atoms with Crippen molar-refractivity contribution in [3.63, 3.8) is 0 Å². The van der Waals surface area contributed by atoms with E-state index in [1.807, 2.05) is 5.38 Å². The molecule has 5 heteroatoms. The van der Waals surface area contributed by atoms with Crippen molar-refractivity contribution >= 4 is 28.1 Å². The fourth-order valence-electron chi connectivity index (χ4n) is 1.42. The van der Waals surface area contributed by atoms with E-state index in [1.165, 1.54) is 0 Å². The van der Waals surface area contributed by atoms with Gasteiger partial charge in [0.05, 0.1) is 6.04 Å². The monoisotopic (exact) mass is 217 g/mol. The molecule has 0 saturated carbocycles. The topological polar surface area (TPSA) is 28.2 Å². The number of hydrogen-bond donors (Lipinski definition) is 1. The van der Waals surface area contributed by atoms with Gasteiger partial charge in [-0.2, -0.15) is 0 Å². The molecule has 1 aliphatic rings. The van der Waals surface area contributed by atoms with Crippen LogP contribution in [0.4, 0.5) is 5.13 Å². The first-order valence-corrected chi connectivity index (χ1v) is 5.65. The molecule has 0 unspecified atom stereocenters. The van der Waals surface area contributed by atoms with E-state index >= 15 is 0 Å². The molecule has 0 aliphatic carbocycles. The third-order valence-corrected chi connectivity index (χ3v) is 3.45. The van der Waals surface area contributed by atoms with Gasteiger partial charge in [0.1, 0.15) is 5.15 Å². The Morgan fingerprint density at radius 1 is 1.77 bits per heavy atom. The smallest absolute Gasteiger partial charge is 0.187 e. The molecule has 0 radical (unpaired) electrons. The Hall–Kier alpha value is -0.320. The highest BCUT2D eigenvalue weighted by molar-refractivity contribution is 7.14. The summed E-state index contributed by atoms with van der Waals surface area (Å²) in [6.45, 7) is 5.26. The Morgan fingerprint density at radius 3 is 2.92 bits per heavy atom. The van der Waals surface area contributed by atoms with E-state index in [1.54, 1.807) is 11.3 Å². The lowest BCUT2D eigenvalue weighted by Crippen LogP contribution is -2.57.